The van der Waals surface area contributed by atoms with Crippen molar-refractivity contribution in [1.29, 1.82) is 0 Å². The first-order valence-electron chi connectivity index (χ1n) is 4.96. The Hall–Kier alpha value is -2.17. The summed E-state index contributed by atoms with van der Waals surface area (Å²) < 4.78 is 13.2. The van der Waals surface area contributed by atoms with E-state index in [2.05, 4.69) is 5.32 Å². The SMILES string of the molecule is C[C@@H](NC(=O)/C=C/c1ccccc1F)C(=O)O. The molecule has 0 saturated heterocycles. The van der Waals surface area contributed by atoms with E-state index in [-0.39, 0.29) is 5.56 Å². The Morgan fingerprint density at radius 3 is 2.65 bits per heavy atom. The number of carbonyl (C=O) groups excluding carboxylic acids is 1. The van der Waals surface area contributed by atoms with Crippen molar-refractivity contribution in [3.63, 3.8) is 0 Å². The average molecular weight is 237 g/mol. The average Bonchev–Trinajstić information content (AvgIpc) is 2.27. The van der Waals surface area contributed by atoms with Crippen LogP contribution in [-0.4, -0.2) is 23.0 Å². The van der Waals surface area contributed by atoms with Gasteiger partial charge in [-0.3, -0.25) is 9.59 Å². The predicted octanol–water partition coefficient (Wildman–Crippen LogP) is 1.43. The van der Waals surface area contributed by atoms with Gasteiger partial charge in [0.05, 0.1) is 0 Å². The first-order chi connectivity index (χ1) is 8.00. The van der Waals surface area contributed by atoms with Crippen LogP contribution in [0.3, 0.4) is 0 Å². The molecule has 17 heavy (non-hydrogen) atoms. The van der Waals surface area contributed by atoms with Crippen molar-refractivity contribution in [2.24, 2.45) is 0 Å². The summed E-state index contributed by atoms with van der Waals surface area (Å²) >= 11 is 0. The number of halogens is 1. The van der Waals surface area contributed by atoms with Crippen LogP contribution in [0.5, 0.6) is 0 Å². The van der Waals surface area contributed by atoms with Gasteiger partial charge in [-0.1, -0.05) is 18.2 Å². The fourth-order valence-electron chi connectivity index (χ4n) is 1.10. The molecule has 5 heteroatoms. The number of nitrogens with one attached hydrogen (secondary N) is 1. The van der Waals surface area contributed by atoms with Crippen LogP contribution < -0.4 is 5.32 Å². The van der Waals surface area contributed by atoms with Crippen LogP contribution in [0.2, 0.25) is 0 Å². The van der Waals surface area contributed by atoms with Crippen molar-refractivity contribution in [2.45, 2.75) is 13.0 Å². The molecule has 0 aliphatic heterocycles. The highest BCUT2D eigenvalue weighted by Gasteiger charge is 2.11. The number of carboxylic acids is 1. The number of carbonyl (C=O) groups is 2. The van der Waals surface area contributed by atoms with Crippen LogP contribution in [0.1, 0.15) is 12.5 Å². The van der Waals surface area contributed by atoms with Crippen molar-refractivity contribution in [3.05, 3.63) is 41.7 Å². The van der Waals surface area contributed by atoms with E-state index in [0.29, 0.717) is 0 Å². The zero-order chi connectivity index (χ0) is 12.8. The van der Waals surface area contributed by atoms with Gasteiger partial charge in [0, 0.05) is 11.6 Å². The molecular formula is C12H12FNO3. The Bertz CT molecular complexity index is 457. The van der Waals surface area contributed by atoms with Gasteiger partial charge in [-0.2, -0.15) is 0 Å². The highest BCUT2D eigenvalue weighted by molar-refractivity contribution is 5.94. The first kappa shape index (κ1) is 12.9. The molecule has 0 radical (unpaired) electrons. The van der Waals surface area contributed by atoms with Gasteiger partial charge in [-0.25, -0.2) is 4.39 Å². The molecule has 0 fully saturated rings. The van der Waals surface area contributed by atoms with Gasteiger partial charge in [0.2, 0.25) is 5.91 Å². The number of hydrogen-bond acceptors (Lipinski definition) is 2. The Morgan fingerprint density at radius 1 is 1.41 bits per heavy atom. The molecule has 0 aliphatic carbocycles. The van der Waals surface area contributed by atoms with Gasteiger partial charge in [-0.15, -0.1) is 0 Å². The normalized spacial score (nSPS) is 12.4. The van der Waals surface area contributed by atoms with Crippen LogP contribution in [0.4, 0.5) is 4.39 Å². The molecule has 0 aliphatic rings. The second kappa shape index (κ2) is 5.79. The van der Waals surface area contributed by atoms with Gasteiger partial charge >= 0.3 is 5.97 Å². The largest absolute Gasteiger partial charge is 0.480 e. The van der Waals surface area contributed by atoms with E-state index in [1.807, 2.05) is 0 Å². The van der Waals surface area contributed by atoms with Crippen LogP contribution in [-0.2, 0) is 9.59 Å². The van der Waals surface area contributed by atoms with Crippen molar-refractivity contribution >= 4 is 18.0 Å². The Labute approximate surface area is 97.8 Å². The molecule has 0 spiro atoms. The fraction of sp³-hybridized carbons (Fsp3) is 0.167. The number of aliphatic carboxylic acids is 1. The van der Waals surface area contributed by atoms with Gasteiger partial charge in [0.15, 0.2) is 0 Å². The van der Waals surface area contributed by atoms with Crippen LogP contribution >= 0.6 is 0 Å². The lowest BCUT2D eigenvalue weighted by atomic mass is 10.2. The van der Waals surface area contributed by atoms with E-state index in [1.165, 1.54) is 25.1 Å². The minimum Gasteiger partial charge on any atom is -0.480 e. The maximum atomic E-state index is 13.2. The molecule has 1 aromatic rings. The summed E-state index contributed by atoms with van der Waals surface area (Å²) in [6.07, 6.45) is 2.39. The molecule has 1 aromatic carbocycles. The molecular weight excluding hydrogens is 225 g/mol. The molecule has 90 valence electrons. The summed E-state index contributed by atoms with van der Waals surface area (Å²) in [5.74, 6) is -2.15. The Balaban J connectivity index is 2.63. The summed E-state index contributed by atoms with van der Waals surface area (Å²) in [4.78, 5) is 21.7. The third-order valence-corrected chi connectivity index (χ3v) is 2.05. The van der Waals surface area contributed by atoms with Crippen LogP contribution in [0, 0.1) is 5.82 Å². The molecule has 1 rings (SSSR count). The van der Waals surface area contributed by atoms with Crippen molar-refractivity contribution in [1.82, 2.24) is 5.32 Å². The molecule has 2 N–H and O–H groups in total. The first-order valence-corrected chi connectivity index (χ1v) is 4.96. The molecule has 1 atom stereocenters. The topological polar surface area (TPSA) is 66.4 Å². The second-order valence-electron chi connectivity index (χ2n) is 3.42. The molecule has 1 amide bonds. The fourth-order valence-corrected chi connectivity index (χ4v) is 1.10. The van der Waals surface area contributed by atoms with E-state index in [9.17, 15) is 14.0 Å². The molecule has 0 saturated carbocycles. The zero-order valence-electron chi connectivity index (χ0n) is 9.18. The summed E-state index contributed by atoms with van der Waals surface area (Å²) in [7, 11) is 0. The van der Waals surface area contributed by atoms with E-state index < -0.39 is 23.7 Å². The van der Waals surface area contributed by atoms with Crippen LogP contribution in [0.25, 0.3) is 6.08 Å². The van der Waals surface area contributed by atoms with E-state index >= 15 is 0 Å². The number of hydrogen-bond donors (Lipinski definition) is 2. The predicted molar refractivity (Wildman–Crippen MR) is 60.7 cm³/mol. The zero-order valence-corrected chi connectivity index (χ0v) is 9.18. The quantitative estimate of drug-likeness (QED) is 0.778. The molecule has 4 nitrogen and oxygen atoms in total. The second-order valence-corrected chi connectivity index (χ2v) is 3.42. The summed E-state index contributed by atoms with van der Waals surface area (Å²) in [6.45, 7) is 1.34. The number of amides is 1. The summed E-state index contributed by atoms with van der Waals surface area (Å²) in [5, 5.41) is 10.8. The molecule has 0 bridgehead atoms. The van der Waals surface area contributed by atoms with Gasteiger partial charge in [0.25, 0.3) is 0 Å². The molecule has 0 unspecified atom stereocenters. The van der Waals surface area contributed by atoms with E-state index in [4.69, 9.17) is 5.11 Å². The van der Waals surface area contributed by atoms with Crippen LogP contribution in [0.15, 0.2) is 30.3 Å². The highest BCUT2D eigenvalue weighted by Crippen LogP contribution is 2.07. The Morgan fingerprint density at radius 2 is 2.06 bits per heavy atom. The molecule has 0 heterocycles. The molecule has 0 aromatic heterocycles. The Kier molecular flexibility index (Phi) is 4.39. The minimum atomic E-state index is -1.13. The summed E-state index contributed by atoms with van der Waals surface area (Å²) in [6, 6.07) is 4.99. The minimum absolute atomic E-state index is 0.269. The maximum Gasteiger partial charge on any atom is 0.325 e. The van der Waals surface area contributed by atoms with Crippen molar-refractivity contribution in [3.8, 4) is 0 Å². The van der Waals surface area contributed by atoms with Gasteiger partial charge < -0.3 is 10.4 Å². The number of carboxylic acid groups (broad SMARTS) is 1. The number of benzene rings is 1. The van der Waals surface area contributed by atoms with E-state index in [0.717, 1.165) is 6.08 Å². The standard InChI is InChI=1S/C12H12FNO3/c1-8(12(16)17)14-11(15)7-6-9-4-2-3-5-10(9)13/h2-8H,1H3,(H,14,15)(H,16,17)/b7-6+/t8-/m1/s1. The van der Waals surface area contributed by atoms with E-state index in [1.54, 1.807) is 12.1 Å². The lowest BCUT2D eigenvalue weighted by Crippen LogP contribution is -2.37. The lowest BCUT2D eigenvalue weighted by molar-refractivity contribution is -0.140. The van der Waals surface area contributed by atoms with Gasteiger partial charge in [0.1, 0.15) is 11.9 Å². The van der Waals surface area contributed by atoms with Crippen molar-refractivity contribution < 1.29 is 19.1 Å². The smallest absolute Gasteiger partial charge is 0.325 e. The third-order valence-electron chi connectivity index (χ3n) is 2.05. The lowest BCUT2D eigenvalue weighted by Gasteiger charge is -2.05. The summed E-state index contributed by atoms with van der Waals surface area (Å²) in [5.41, 5.74) is 0.269. The highest BCUT2D eigenvalue weighted by atomic mass is 19.1. The van der Waals surface area contributed by atoms with Gasteiger partial charge in [-0.05, 0) is 19.1 Å². The third kappa shape index (κ3) is 4.06. The maximum absolute atomic E-state index is 13.2. The monoisotopic (exact) mass is 237 g/mol. The number of rotatable bonds is 4. The van der Waals surface area contributed by atoms with Crippen molar-refractivity contribution in [2.75, 3.05) is 0 Å².